The van der Waals surface area contributed by atoms with Gasteiger partial charge in [0, 0.05) is 12.2 Å². The maximum absolute atomic E-state index is 11.9. The number of aromatic nitrogens is 4. The largest absolute Gasteiger partial charge is 0.463 e. The number of hydrogen-bond donors (Lipinski definition) is 2. The Bertz CT molecular complexity index is 734. The molecule has 0 saturated carbocycles. The fourth-order valence-corrected chi connectivity index (χ4v) is 2.39. The molecule has 2 rings (SSSR count). The normalized spacial score (nSPS) is 10.6. The van der Waals surface area contributed by atoms with Crippen LogP contribution in [0.15, 0.2) is 29.4 Å². The minimum atomic E-state index is -0.406. The van der Waals surface area contributed by atoms with Crippen LogP contribution >= 0.6 is 11.8 Å². The molecule has 0 saturated heterocycles. The molecule has 0 aliphatic rings. The van der Waals surface area contributed by atoms with E-state index in [1.54, 1.807) is 36.7 Å². The number of amides is 2. The first-order valence-corrected chi connectivity index (χ1v) is 8.89. The van der Waals surface area contributed by atoms with Crippen LogP contribution in [0.1, 0.15) is 20.3 Å². The number of thioether (sulfide) groups is 1. The van der Waals surface area contributed by atoms with Crippen molar-refractivity contribution in [1.82, 2.24) is 25.5 Å². The lowest BCUT2D eigenvalue weighted by Crippen LogP contribution is -2.31. The summed E-state index contributed by atoms with van der Waals surface area (Å²) in [5, 5.41) is 17.4. The van der Waals surface area contributed by atoms with Crippen LogP contribution in [0, 0.1) is 0 Å². The number of tetrazole rings is 1. The van der Waals surface area contributed by atoms with Gasteiger partial charge in [-0.15, -0.1) is 5.10 Å². The molecule has 0 bridgehead atoms. The number of hydrogen-bond acceptors (Lipinski definition) is 7. The number of carbonyl (C=O) groups is 2. The summed E-state index contributed by atoms with van der Waals surface area (Å²) in [6, 6.07) is 6.72. The van der Waals surface area contributed by atoms with Crippen LogP contribution in [-0.2, 0) is 9.53 Å². The number of nitrogens with zero attached hydrogens (tertiary/aromatic N) is 4. The number of urea groups is 1. The van der Waals surface area contributed by atoms with E-state index < -0.39 is 6.03 Å². The molecule has 25 heavy (non-hydrogen) atoms. The molecule has 9 nitrogen and oxygen atoms in total. The van der Waals surface area contributed by atoms with Crippen LogP contribution in [0.5, 0.6) is 0 Å². The second kappa shape index (κ2) is 9.02. The lowest BCUT2D eigenvalue weighted by Gasteiger charge is -2.10. The van der Waals surface area contributed by atoms with E-state index in [-0.39, 0.29) is 25.0 Å². The molecule has 1 aromatic carbocycles. The number of benzene rings is 1. The standard InChI is InChI=1S/C15H20N6O3S/c1-10(2)24-13(22)7-8-16-14(23)17-11-5-4-6-12(9-11)21-15(25-3)18-19-20-21/h4-6,9-10H,7-8H2,1-3H3,(H2,16,17,23). The number of nitrogens with one attached hydrogen (secondary N) is 2. The highest BCUT2D eigenvalue weighted by molar-refractivity contribution is 7.98. The van der Waals surface area contributed by atoms with Gasteiger partial charge in [-0.3, -0.25) is 4.79 Å². The third-order valence-corrected chi connectivity index (χ3v) is 3.57. The highest BCUT2D eigenvalue weighted by Gasteiger charge is 2.09. The molecule has 0 aliphatic heterocycles. The molecule has 1 heterocycles. The highest BCUT2D eigenvalue weighted by Crippen LogP contribution is 2.18. The fraction of sp³-hybridized carbons (Fsp3) is 0.400. The van der Waals surface area contributed by atoms with Gasteiger partial charge in [-0.1, -0.05) is 17.8 Å². The minimum absolute atomic E-state index is 0.118. The summed E-state index contributed by atoms with van der Waals surface area (Å²) in [6.45, 7) is 3.75. The maximum atomic E-state index is 11.9. The lowest BCUT2D eigenvalue weighted by molar-refractivity contribution is -0.147. The quantitative estimate of drug-likeness (QED) is 0.569. The van der Waals surface area contributed by atoms with Gasteiger partial charge in [0.2, 0.25) is 5.16 Å². The van der Waals surface area contributed by atoms with E-state index in [0.717, 1.165) is 5.69 Å². The fourth-order valence-electron chi connectivity index (χ4n) is 1.96. The highest BCUT2D eigenvalue weighted by atomic mass is 32.2. The molecule has 2 N–H and O–H groups in total. The maximum Gasteiger partial charge on any atom is 0.319 e. The van der Waals surface area contributed by atoms with Gasteiger partial charge in [0.15, 0.2) is 0 Å². The summed E-state index contributed by atoms with van der Waals surface area (Å²) in [4.78, 5) is 23.3. The Balaban J connectivity index is 1.89. The first-order chi connectivity index (χ1) is 12.0. The van der Waals surface area contributed by atoms with Crippen molar-refractivity contribution < 1.29 is 14.3 Å². The van der Waals surface area contributed by atoms with E-state index in [0.29, 0.717) is 10.8 Å². The average Bonchev–Trinajstić information content (AvgIpc) is 3.03. The van der Waals surface area contributed by atoms with Gasteiger partial charge < -0.3 is 15.4 Å². The van der Waals surface area contributed by atoms with Crippen molar-refractivity contribution in [2.24, 2.45) is 0 Å². The molecule has 0 fully saturated rings. The van der Waals surface area contributed by atoms with Crippen LogP contribution in [0.3, 0.4) is 0 Å². The first-order valence-electron chi connectivity index (χ1n) is 7.66. The molecule has 1 aromatic heterocycles. The van der Waals surface area contributed by atoms with E-state index in [2.05, 4.69) is 26.2 Å². The summed E-state index contributed by atoms with van der Waals surface area (Å²) >= 11 is 1.42. The van der Waals surface area contributed by atoms with Crippen LogP contribution in [-0.4, -0.2) is 51.1 Å². The Morgan fingerprint density at radius 1 is 1.36 bits per heavy atom. The van der Waals surface area contributed by atoms with Gasteiger partial charge in [0.25, 0.3) is 0 Å². The molecule has 2 amide bonds. The Morgan fingerprint density at radius 2 is 2.16 bits per heavy atom. The van der Waals surface area contributed by atoms with Crippen LogP contribution in [0.2, 0.25) is 0 Å². The van der Waals surface area contributed by atoms with Crippen molar-refractivity contribution in [1.29, 1.82) is 0 Å². The van der Waals surface area contributed by atoms with Crippen molar-refractivity contribution in [2.75, 3.05) is 18.1 Å². The van der Waals surface area contributed by atoms with Crippen molar-refractivity contribution in [3.63, 3.8) is 0 Å². The van der Waals surface area contributed by atoms with Crippen molar-refractivity contribution >= 4 is 29.4 Å². The van der Waals surface area contributed by atoms with E-state index in [9.17, 15) is 9.59 Å². The van der Waals surface area contributed by atoms with Gasteiger partial charge in [0.05, 0.1) is 18.2 Å². The molecule has 2 aromatic rings. The Hall–Kier alpha value is -2.62. The summed E-state index contributed by atoms with van der Waals surface area (Å²) < 4.78 is 6.57. The van der Waals surface area contributed by atoms with Gasteiger partial charge in [0.1, 0.15) is 0 Å². The third-order valence-electron chi connectivity index (χ3n) is 2.95. The van der Waals surface area contributed by atoms with Crippen molar-refractivity contribution in [2.45, 2.75) is 31.5 Å². The molecule has 0 radical (unpaired) electrons. The van der Waals surface area contributed by atoms with E-state index in [1.165, 1.54) is 11.8 Å². The Labute approximate surface area is 149 Å². The van der Waals surface area contributed by atoms with E-state index in [4.69, 9.17) is 4.74 Å². The molecular formula is C15H20N6O3S. The molecule has 134 valence electrons. The zero-order chi connectivity index (χ0) is 18.2. The SMILES string of the molecule is CSc1nnnn1-c1cccc(NC(=O)NCCC(=O)OC(C)C)c1. The molecule has 0 aliphatic carbocycles. The molecule has 0 atom stereocenters. The second-order valence-electron chi connectivity index (χ2n) is 5.30. The van der Waals surface area contributed by atoms with Gasteiger partial charge in [-0.05, 0) is 48.7 Å². The zero-order valence-electron chi connectivity index (χ0n) is 14.2. The van der Waals surface area contributed by atoms with Gasteiger partial charge in [-0.25, -0.2) is 4.79 Å². The van der Waals surface area contributed by atoms with Crippen LogP contribution in [0.25, 0.3) is 5.69 Å². The van der Waals surface area contributed by atoms with Gasteiger partial charge >= 0.3 is 12.0 Å². The van der Waals surface area contributed by atoms with Crippen molar-refractivity contribution in [3.8, 4) is 5.69 Å². The molecular weight excluding hydrogens is 344 g/mol. The number of carbonyl (C=O) groups excluding carboxylic acids is 2. The number of ether oxygens (including phenoxy) is 1. The smallest absolute Gasteiger partial charge is 0.319 e. The zero-order valence-corrected chi connectivity index (χ0v) is 15.0. The molecule has 0 unspecified atom stereocenters. The first kappa shape index (κ1) is 18.7. The second-order valence-corrected chi connectivity index (χ2v) is 6.07. The Kier molecular flexibility index (Phi) is 6.75. The summed E-state index contributed by atoms with van der Waals surface area (Å²) in [5.41, 5.74) is 1.31. The summed E-state index contributed by atoms with van der Waals surface area (Å²) in [7, 11) is 0. The summed E-state index contributed by atoms with van der Waals surface area (Å²) in [5.74, 6) is -0.347. The predicted molar refractivity (Wildman–Crippen MR) is 93.8 cm³/mol. The van der Waals surface area contributed by atoms with E-state index >= 15 is 0 Å². The molecule has 10 heteroatoms. The topological polar surface area (TPSA) is 111 Å². The summed E-state index contributed by atoms with van der Waals surface area (Å²) in [6.07, 6.45) is 1.83. The van der Waals surface area contributed by atoms with Crippen LogP contribution < -0.4 is 10.6 Å². The Morgan fingerprint density at radius 3 is 2.88 bits per heavy atom. The lowest BCUT2D eigenvalue weighted by atomic mass is 10.3. The van der Waals surface area contributed by atoms with Crippen molar-refractivity contribution in [3.05, 3.63) is 24.3 Å². The van der Waals surface area contributed by atoms with Crippen LogP contribution in [0.4, 0.5) is 10.5 Å². The van der Waals surface area contributed by atoms with E-state index in [1.807, 2.05) is 12.3 Å². The number of rotatable bonds is 7. The van der Waals surface area contributed by atoms with Gasteiger partial charge in [-0.2, -0.15) is 4.68 Å². The monoisotopic (exact) mass is 364 g/mol. The third kappa shape index (κ3) is 5.75. The average molecular weight is 364 g/mol. The molecule has 0 spiro atoms. The predicted octanol–water partition coefficient (Wildman–Crippen LogP) is 1.85. The number of anilines is 1. The number of esters is 1. The minimum Gasteiger partial charge on any atom is -0.463 e.